The molecule has 0 bridgehead atoms. The molecule has 1 aliphatic rings. The van der Waals surface area contributed by atoms with Crippen molar-refractivity contribution in [3.8, 4) is 0 Å². The number of benzene rings is 1. The fourth-order valence-electron chi connectivity index (χ4n) is 2.97. The zero-order valence-electron chi connectivity index (χ0n) is 13.4. The zero-order chi connectivity index (χ0) is 16.9. The van der Waals surface area contributed by atoms with Gasteiger partial charge in [0.25, 0.3) is 5.91 Å². The molecule has 0 radical (unpaired) electrons. The molecular weight excluding hydrogens is 301 g/mol. The van der Waals surface area contributed by atoms with Crippen LogP contribution in [0.25, 0.3) is 0 Å². The largest absolute Gasteiger partial charge is 0.453 e. The highest BCUT2D eigenvalue weighted by Gasteiger charge is 2.42. The molecule has 126 valence electrons. The average Bonchev–Trinajstić information content (AvgIpc) is 2.81. The van der Waals surface area contributed by atoms with E-state index in [1.54, 1.807) is 0 Å². The normalized spacial score (nSPS) is 19.2. The van der Waals surface area contributed by atoms with Crippen LogP contribution in [0.3, 0.4) is 0 Å². The minimum absolute atomic E-state index is 0.183. The number of carbonyl (C=O) groups is 2. The topological polar surface area (TPSA) is 79.5 Å². The van der Waals surface area contributed by atoms with Gasteiger partial charge < -0.3 is 20.7 Å². The number of amides is 2. The molecule has 2 rings (SSSR count). The highest BCUT2D eigenvalue weighted by Crippen LogP contribution is 2.38. The summed E-state index contributed by atoms with van der Waals surface area (Å²) < 4.78 is 18.2. The van der Waals surface area contributed by atoms with Gasteiger partial charge in [-0.2, -0.15) is 0 Å². The van der Waals surface area contributed by atoms with Crippen molar-refractivity contribution >= 4 is 12.0 Å². The van der Waals surface area contributed by atoms with Crippen molar-refractivity contribution in [3.63, 3.8) is 0 Å². The van der Waals surface area contributed by atoms with Crippen molar-refractivity contribution < 1.29 is 18.7 Å². The molecule has 23 heavy (non-hydrogen) atoms. The van der Waals surface area contributed by atoms with E-state index < -0.39 is 11.6 Å². The van der Waals surface area contributed by atoms with Gasteiger partial charge in [0.2, 0.25) is 0 Å². The van der Waals surface area contributed by atoms with Crippen LogP contribution in [0.5, 0.6) is 0 Å². The van der Waals surface area contributed by atoms with Crippen LogP contribution in [0.4, 0.5) is 9.18 Å². The summed E-state index contributed by atoms with van der Waals surface area (Å²) >= 11 is 0. The van der Waals surface area contributed by atoms with Crippen LogP contribution in [-0.4, -0.2) is 39.2 Å². The SMILES string of the molecule is CNCCC1(CCCNC(=O)OC)NC(=O)c2ccc(F)cc21. The third-order valence-corrected chi connectivity index (χ3v) is 4.13. The molecule has 0 fully saturated rings. The van der Waals surface area contributed by atoms with E-state index in [4.69, 9.17) is 0 Å². The third kappa shape index (κ3) is 3.79. The average molecular weight is 323 g/mol. The van der Waals surface area contributed by atoms with E-state index in [1.807, 2.05) is 7.05 Å². The van der Waals surface area contributed by atoms with Crippen molar-refractivity contribution in [1.82, 2.24) is 16.0 Å². The maximum atomic E-state index is 13.7. The van der Waals surface area contributed by atoms with Gasteiger partial charge in [0.1, 0.15) is 5.82 Å². The fourth-order valence-corrected chi connectivity index (χ4v) is 2.97. The number of halogens is 1. The highest BCUT2D eigenvalue weighted by atomic mass is 19.1. The number of ether oxygens (including phenoxy) is 1. The first-order chi connectivity index (χ1) is 11.0. The van der Waals surface area contributed by atoms with Crippen LogP contribution in [0.15, 0.2) is 18.2 Å². The Hall–Kier alpha value is -2.15. The summed E-state index contributed by atoms with van der Waals surface area (Å²) in [5.41, 5.74) is 0.592. The molecule has 1 unspecified atom stereocenters. The second-order valence-electron chi connectivity index (χ2n) is 5.60. The van der Waals surface area contributed by atoms with Gasteiger partial charge in [0.05, 0.1) is 12.6 Å². The molecule has 0 spiro atoms. The lowest BCUT2D eigenvalue weighted by atomic mass is 9.83. The molecule has 0 saturated carbocycles. The van der Waals surface area contributed by atoms with E-state index in [0.29, 0.717) is 43.5 Å². The molecule has 7 heteroatoms. The van der Waals surface area contributed by atoms with Crippen LogP contribution in [0, 0.1) is 5.82 Å². The van der Waals surface area contributed by atoms with E-state index in [1.165, 1.54) is 25.3 Å². The third-order valence-electron chi connectivity index (χ3n) is 4.13. The molecular formula is C16H22FN3O3. The van der Waals surface area contributed by atoms with Crippen molar-refractivity contribution in [2.24, 2.45) is 0 Å². The Morgan fingerprint density at radius 3 is 2.83 bits per heavy atom. The molecule has 3 N–H and O–H groups in total. The lowest BCUT2D eigenvalue weighted by Crippen LogP contribution is -2.42. The molecule has 0 saturated heterocycles. The van der Waals surface area contributed by atoms with Gasteiger partial charge in [0, 0.05) is 12.1 Å². The Kier molecular flexibility index (Phi) is 5.54. The number of alkyl carbamates (subject to hydrolysis) is 1. The van der Waals surface area contributed by atoms with Crippen LogP contribution in [-0.2, 0) is 10.3 Å². The molecule has 1 aromatic rings. The number of methoxy groups -OCH3 is 1. The van der Waals surface area contributed by atoms with Gasteiger partial charge >= 0.3 is 6.09 Å². The summed E-state index contributed by atoms with van der Waals surface area (Å²) in [7, 11) is 3.13. The minimum atomic E-state index is -0.616. The summed E-state index contributed by atoms with van der Waals surface area (Å²) in [6.45, 7) is 1.11. The van der Waals surface area contributed by atoms with Crippen molar-refractivity contribution in [2.75, 3.05) is 27.2 Å². The lowest BCUT2D eigenvalue weighted by molar-refractivity contribution is 0.0919. The quantitative estimate of drug-likeness (QED) is 0.665. The predicted octanol–water partition coefficient (Wildman–Crippen LogP) is 1.51. The summed E-state index contributed by atoms with van der Waals surface area (Å²) in [5.74, 6) is -0.543. The number of fused-ring (bicyclic) bond motifs is 1. The first kappa shape index (κ1) is 17.2. The van der Waals surface area contributed by atoms with Crippen molar-refractivity contribution in [1.29, 1.82) is 0 Å². The Morgan fingerprint density at radius 2 is 2.13 bits per heavy atom. The Labute approximate surface area is 134 Å². The second kappa shape index (κ2) is 7.41. The van der Waals surface area contributed by atoms with E-state index in [-0.39, 0.29) is 11.7 Å². The Morgan fingerprint density at radius 1 is 1.35 bits per heavy atom. The molecule has 1 aromatic carbocycles. The number of rotatable bonds is 7. The van der Waals surface area contributed by atoms with Gasteiger partial charge in [-0.3, -0.25) is 4.79 Å². The number of nitrogens with one attached hydrogen (secondary N) is 3. The van der Waals surface area contributed by atoms with Crippen LogP contribution < -0.4 is 16.0 Å². The maximum absolute atomic E-state index is 13.7. The number of hydrogen-bond donors (Lipinski definition) is 3. The van der Waals surface area contributed by atoms with Gasteiger partial charge in [-0.05, 0) is 56.6 Å². The Bertz CT molecular complexity index is 594. The van der Waals surface area contributed by atoms with Gasteiger partial charge in [-0.1, -0.05) is 0 Å². The standard InChI is InChI=1S/C16H22FN3O3/c1-18-9-7-16(6-3-8-19-15(22)23-2)13-10-11(17)4-5-12(13)14(21)20-16/h4-5,10,18H,3,6-9H2,1-2H3,(H,19,22)(H,20,21). The zero-order valence-corrected chi connectivity index (χ0v) is 13.4. The van der Waals surface area contributed by atoms with E-state index in [9.17, 15) is 14.0 Å². The first-order valence-electron chi connectivity index (χ1n) is 7.61. The monoisotopic (exact) mass is 323 g/mol. The van der Waals surface area contributed by atoms with Gasteiger partial charge in [0.15, 0.2) is 0 Å². The molecule has 1 atom stereocenters. The van der Waals surface area contributed by atoms with E-state index in [2.05, 4.69) is 20.7 Å². The summed E-state index contributed by atoms with van der Waals surface area (Å²) in [4.78, 5) is 23.3. The molecule has 0 aromatic heterocycles. The molecule has 0 aliphatic carbocycles. The molecule has 1 heterocycles. The summed E-state index contributed by atoms with van der Waals surface area (Å²) in [6, 6.07) is 4.25. The molecule has 1 aliphatic heterocycles. The van der Waals surface area contributed by atoms with Crippen molar-refractivity contribution in [3.05, 3.63) is 35.1 Å². The lowest BCUT2D eigenvalue weighted by Gasteiger charge is -2.31. The molecule has 2 amide bonds. The Balaban J connectivity index is 2.16. The highest BCUT2D eigenvalue weighted by molar-refractivity contribution is 6.00. The minimum Gasteiger partial charge on any atom is -0.453 e. The van der Waals surface area contributed by atoms with Crippen LogP contribution in [0.2, 0.25) is 0 Å². The predicted molar refractivity (Wildman–Crippen MR) is 83.7 cm³/mol. The first-order valence-corrected chi connectivity index (χ1v) is 7.61. The van der Waals surface area contributed by atoms with Gasteiger partial charge in [-0.15, -0.1) is 0 Å². The van der Waals surface area contributed by atoms with E-state index in [0.717, 1.165) is 0 Å². The number of hydrogen-bond acceptors (Lipinski definition) is 4. The number of carbonyl (C=O) groups excluding carboxylic acids is 2. The molecule has 6 nitrogen and oxygen atoms in total. The smallest absolute Gasteiger partial charge is 0.406 e. The fraction of sp³-hybridized carbons (Fsp3) is 0.500. The summed E-state index contributed by atoms with van der Waals surface area (Å²) in [5, 5.41) is 8.68. The summed E-state index contributed by atoms with van der Waals surface area (Å²) in [6.07, 6.45) is 1.39. The van der Waals surface area contributed by atoms with Crippen LogP contribution in [0.1, 0.15) is 35.2 Å². The maximum Gasteiger partial charge on any atom is 0.406 e. The van der Waals surface area contributed by atoms with Gasteiger partial charge in [-0.25, -0.2) is 9.18 Å². The van der Waals surface area contributed by atoms with Crippen LogP contribution >= 0.6 is 0 Å². The van der Waals surface area contributed by atoms with E-state index >= 15 is 0 Å². The second-order valence-corrected chi connectivity index (χ2v) is 5.60. The van der Waals surface area contributed by atoms with Crippen molar-refractivity contribution in [2.45, 2.75) is 24.8 Å².